The highest BCUT2D eigenvalue weighted by atomic mass is 16.4. The maximum atomic E-state index is 11.2. The van der Waals surface area contributed by atoms with Crippen molar-refractivity contribution in [2.24, 2.45) is 11.8 Å². The number of nitrogen functional groups attached to an aromatic ring is 1. The highest BCUT2D eigenvalue weighted by Gasteiger charge is 2.25. The molecule has 1 saturated carbocycles. The maximum Gasteiger partial charge on any atom is 0.417 e. The minimum Gasteiger partial charge on any atom is -0.408 e. The van der Waals surface area contributed by atoms with Crippen molar-refractivity contribution < 1.29 is 4.42 Å². The van der Waals surface area contributed by atoms with Gasteiger partial charge in [0.2, 0.25) is 0 Å². The molecule has 1 aliphatic carbocycles. The zero-order valence-electron chi connectivity index (χ0n) is 11.9. The molecule has 5 nitrogen and oxygen atoms in total. The predicted molar refractivity (Wildman–Crippen MR) is 80.8 cm³/mol. The topological polar surface area (TPSA) is 84.0 Å². The SMILES string of the molecule is CC1CCC(Nc2cc3[nH]c(=O)oc3cc2N)C(C)C1. The number of H-pyrrole nitrogens is 1. The molecule has 0 amide bonds. The Balaban J connectivity index is 1.86. The van der Waals surface area contributed by atoms with Gasteiger partial charge in [0, 0.05) is 12.1 Å². The van der Waals surface area contributed by atoms with Crippen molar-refractivity contribution in [1.82, 2.24) is 4.98 Å². The van der Waals surface area contributed by atoms with Crippen LogP contribution in [0.2, 0.25) is 0 Å². The smallest absolute Gasteiger partial charge is 0.408 e. The molecular weight excluding hydrogens is 254 g/mol. The molecule has 0 bridgehead atoms. The van der Waals surface area contributed by atoms with Crippen LogP contribution in [0.5, 0.6) is 0 Å². The molecule has 1 fully saturated rings. The first-order valence-electron chi connectivity index (χ1n) is 7.22. The summed E-state index contributed by atoms with van der Waals surface area (Å²) in [5, 5.41) is 3.53. The molecule has 1 aromatic carbocycles. The zero-order chi connectivity index (χ0) is 14.3. The van der Waals surface area contributed by atoms with Gasteiger partial charge in [-0.3, -0.25) is 4.98 Å². The van der Waals surface area contributed by atoms with Gasteiger partial charge in [0.15, 0.2) is 5.58 Å². The second kappa shape index (κ2) is 4.89. The van der Waals surface area contributed by atoms with E-state index in [1.54, 1.807) is 6.07 Å². The monoisotopic (exact) mass is 275 g/mol. The van der Waals surface area contributed by atoms with Crippen LogP contribution in [0.3, 0.4) is 0 Å². The van der Waals surface area contributed by atoms with E-state index in [-0.39, 0.29) is 0 Å². The third kappa shape index (κ3) is 2.40. The van der Waals surface area contributed by atoms with Crippen LogP contribution < -0.4 is 16.8 Å². The summed E-state index contributed by atoms with van der Waals surface area (Å²) in [6.07, 6.45) is 3.64. The lowest BCUT2D eigenvalue weighted by molar-refractivity contribution is 0.276. The van der Waals surface area contributed by atoms with E-state index in [1.807, 2.05) is 6.07 Å². The minimum atomic E-state index is -0.448. The van der Waals surface area contributed by atoms with Gasteiger partial charge in [-0.1, -0.05) is 13.8 Å². The lowest BCUT2D eigenvalue weighted by Gasteiger charge is -2.34. The van der Waals surface area contributed by atoms with Gasteiger partial charge in [-0.05, 0) is 37.2 Å². The molecule has 1 aliphatic rings. The molecule has 2 aromatic rings. The predicted octanol–water partition coefficient (Wildman–Crippen LogP) is 2.94. The number of anilines is 2. The fourth-order valence-corrected chi connectivity index (χ4v) is 3.22. The maximum absolute atomic E-state index is 11.2. The van der Waals surface area contributed by atoms with Crippen molar-refractivity contribution in [3.63, 3.8) is 0 Å². The first-order valence-corrected chi connectivity index (χ1v) is 7.22. The van der Waals surface area contributed by atoms with E-state index >= 15 is 0 Å². The second-order valence-corrected chi connectivity index (χ2v) is 6.10. The highest BCUT2D eigenvalue weighted by molar-refractivity contribution is 5.85. The molecule has 5 heteroatoms. The van der Waals surface area contributed by atoms with Crippen LogP contribution in [0.15, 0.2) is 21.3 Å². The van der Waals surface area contributed by atoms with Crippen LogP contribution in [-0.4, -0.2) is 11.0 Å². The van der Waals surface area contributed by atoms with E-state index in [0.717, 1.165) is 18.0 Å². The first kappa shape index (κ1) is 13.1. The molecule has 3 atom stereocenters. The number of nitrogens with two attached hydrogens (primary N) is 1. The molecule has 3 rings (SSSR count). The Labute approximate surface area is 117 Å². The number of aromatic amines is 1. The molecule has 0 saturated heterocycles. The molecule has 3 unspecified atom stereocenters. The Kier molecular flexibility index (Phi) is 3.20. The average Bonchev–Trinajstić information content (AvgIpc) is 2.72. The van der Waals surface area contributed by atoms with Gasteiger partial charge in [-0.2, -0.15) is 0 Å². The number of hydrogen-bond donors (Lipinski definition) is 3. The summed E-state index contributed by atoms with van der Waals surface area (Å²) in [4.78, 5) is 13.9. The Morgan fingerprint density at radius 1 is 1.35 bits per heavy atom. The third-order valence-electron chi connectivity index (χ3n) is 4.36. The van der Waals surface area contributed by atoms with Crippen molar-refractivity contribution in [3.05, 3.63) is 22.7 Å². The molecule has 0 aliphatic heterocycles. The number of fused-ring (bicyclic) bond motifs is 1. The molecule has 1 heterocycles. The summed E-state index contributed by atoms with van der Waals surface area (Å²) in [7, 11) is 0. The van der Waals surface area contributed by atoms with E-state index in [1.165, 1.54) is 12.8 Å². The van der Waals surface area contributed by atoms with Gasteiger partial charge in [-0.25, -0.2) is 4.79 Å². The molecule has 108 valence electrons. The number of oxazole rings is 1. The van der Waals surface area contributed by atoms with E-state index in [2.05, 4.69) is 24.1 Å². The number of hydrogen-bond acceptors (Lipinski definition) is 4. The Morgan fingerprint density at radius 3 is 2.90 bits per heavy atom. The van der Waals surface area contributed by atoms with Gasteiger partial charge < -0.3 is 15.5 Å². The minimum absolute atomic E-state index is 0.435. The van der Waals surface area contributed by atoms with Crippen LogP contribution in [0.4, 0.5) is 11.4 Å². The third-order valence-corrected chi connectivity index (χ3v) is 4.36. The summed E-state index contributed by atoms with van der Waals surface area (Å²) in [5.41, 5.74) is 8.73. The standard InChI is InChI=1S/C15H21N3O2/c1-8-3-4-11(9(2)5-8)17-12-7-13-14(6-10(12)16)20-15(19)18-13/h6-9,11,17H,3-5,16H2,1-2H3,(H,18,19). The number of nitrogens with one attached hydrogen (secondary N) is 2. The fourth-order valence-electron chi connectivity index (χ4n) is 3.22. The Hall–Kier alpha value is -1.91. The average molecular weight is 275 g/mol. The summed E-state index contributed by atoms with van der Waals surface area (Å²) >= 11 is 0. The summed E-state index contributed by atoms with van der Waals surface area (Å²) < 4.78 is 5.01. The number of aromatic nitrogens is 1. The lowest BCUT2D eigenvalue weighted by Crippen LogP contribution is -2.33. The summed E-state index contributed by atoms with van der Waals surface area (Å²) in [6.45, 7) is 4.59. The summed E-state index contributed by atoms with van der Waals surface area (Å²) in [5.74, 6) is 0.974. The lowest BCUT2D eigenvalue weighted by atomic mass is 9.80. The van der Waals surface area contributed by atoms with Crippen molar-refractivity contribution in [3.8, 4) is 0 Å². The van der Waals surface area contributed by atoms with E-state index in [4.69, 9.17) is 10.2 Å². The Morgan fingerprint density at radius 2 is 2.15 bits per heavy atom. The molecule has 1 aromatic heterocycles. The van der Waals surface area contributed by atoms with Crippen LogP contribution in [0, 0.1) is 11.8 Å². The van der Waals surface area contributed by atoms with Crippen LogP contribution in [0.1, 0.15) is 33.1 Å². The van der Waals surface area contributed by atoms with Gasteiger partial charge in [0.05, 0.1) is 16.9 Å². The highest BCUT2D eigenvalue weighted by Crippen LogP contribution is 2.33. The Bertz CT molecular complexity index is 673. The largest absolute Gasteiger partial charge is 0.417 e. The molecule has 20 heavy (non-hydrogen) atoms. The van der Waals surface area contributed by atoms with Crippen LogP contribution >= 0.6 is 0 Å². The molecule has 4 N–H and O–H groups in total. The molecule has 0 radical (unpaired) electrons. The van der Waals surface area contributed by atoms with Crippen molar-refractivity contribution in [1.29, 1.82) is 0 Å². The van der Waals surface area contributed by atoms with E-state index < -0.39 is 5.76 Å². The van der Waals surface area contributed by atoms with E-state index in [0.29, 0.717) is 28.7 Å². The quantitative estimate of drug-likeness (QED) is 0.736. The zero-order valence-corrected chi connectivity index (χ0v) is 11.9. The number of rotatable bonds is 2. The van der Waals surface area contributed by atoms with Gasteiger partial charge in [-0.15, -0.1) is 0 Å². The van der Waals surface area contributed by atoms with E-state index in [9.17, 15) is 4.79 Å². The molecule has 0 spiro atoms. The van der Waals surface area contributed by atoms with Crippen molar-refractivity contribution in [2.45, 2.75) is 39.2 Å². The summed E-state index contributed by atoms with van der Waals surface area (Å²) in [6, 6.07) is 4.00. The van der Waals surface area contributed by atoms with Crippen LogP contribution in [0.25, 0.3) is 11.1 Å². The van der Waals surface area contributed by atoms with Gasteiger partial charge in [0.1, 0.15) is 0 Å². The number of benzene rings is 1. The second-order valence-electron chi connectivity index (χ2n) is 6.10. The molecular formula is C15H21N3O2. The first-order chi connectivity index (χ1) is 9.52. The van der Waals surface area contributed by atoms with Gasteiger partial charge >= 0.3 is 5.76 Å². The van der Waals surface area contributed by atoms with Crippen molar-refractivity contribution in [2.75, 3.05) is 11.1 Å². The normalized spacial score (nSPS) is 26.8. The fraction of sp³-hybridized carbons (Fsp3) is 0.533. The van der Waals surface area contributed by atoms with Crippen LogP contribution in [-0.2, 0) is 0 Å². The van der Waals surface area contributed by atoms with Crippen molar-refractivity contribution >= 4 is 22.5 Å². The van der Waals surface area contributed by atoms with Gasteiger partial charge in [0.25, 0.3) is 0 Å².